The van der Waals surface area contributed by atoms with Gasteiger partial charge in [-0.15, -0.1) is 0 Å². The minimum absolute atomic E-state index is 0.0362. The van der Waals surface area contributed by atoms with Crippen molar-refractivity contribution in [3.63, 3.8) is 0 Å². The third-order valence-electron chi connectivity index (χ3n) is 4.47. The highest BCUT2D eigenvalue weighted by molar-refractivity contribution is 5.93. The molecule has 2 heterocycles. The van der Waals surface area contributed by atoms with Gasteiger partial charge in [-0.05, 0) is 29.8 Å². The van der Waals surface area contributed by atoms with Crippen molar-refractivity contribution in [2.24, 2.45) is 0 Å². The zero-order valence-electron chi connectivity index (χ0n) is 14.7. The van der Waals surface area contributed by atoms with E-state index in [0.29, 0.717) is 30.8 Å². The van der Waals surface area contributed by atoms with Gasteiger partial charge in [0.1, 0.15) is 5.69 Å². The molecule has 0 atom stereocenters. The van der Waals surface area contributed by atoms with Gasteiger partial charge in [0.2, 0.25) is 5.91 Å². The number of hydrogen-bond donors (Lipinski definition) is 2. The van der Waals surface area contributed by atoms with Crippen molar-refractivity contribution in [1.29, 1.82) is 0 Å². The molecule has 2 amide bonds. The van der Waals surface area contributed by atoms with Crippen LogP contribution in [0.15, 0.2) is 54.7 Å². The summed E-state index contributed by atoms with van der Waals surface area (Å²) in [5.41, 5.74) is 3.73. The number of para-hydroxylation sites is 2. The predicted molar refractivity (Wildman–Crippen MR) is 102 cm³/mol. The molecule has 27 heavy (non-hydrogen) atoms. The van der Waals surface area contributed by atoms with Crippen molar-refractivity contribution in [3.05, 3.63) is 66.0 Å². The lowest BCUT2D eigenvalue weighted by Crippen LogP contribution is -2.47. The molecule has 0 aliphatic carbocycles. The normalized spacial score (nSPS) is 14.1. The second kappa shape index (κ2) is 7.41. The first-order chi connectivity index (χ1) is 13.2. The second-order valence-corrected chi connectivity index (χ2v) is 6.36. The molecule has 1 aliphatic rings. The molecule has 1 saturated heterocycles. The van der Waals surface area contributed by atoms with E-state index in [1.165, 1.54) is 6.20 Å². The van der Waals surface area contributed by atoms with E-state index in [4.69, 9.17) is 0 Å². The summed E-state index contributed by atoms with van der Waals surface area (Å²) in [6.45, 7) is 2.22. The number of amides is 2. The average Bonchev–Trinajstić information content (AvgIpc) is 2.72. The number of anilines is 1. The molecule has 7 nitrogen and oxygen atoms in total. The quantitative estimate of drug-likeness (QED) is 0.735. The minimum atomic E-state index is -0.259. The number of rotatable bonds is 4. The van der Waals surface area contributed by atoms with Gasteiger partial charge in [0.25, 0.3) is 5.91 Å². The fourth-order valence-electron chi connectivity index (χ4n) is 3.02. The van der Waals surface area contributed by atoms with Crippen LogP contribution in [0.5, 0.6) is 0 Å². The maximum Gasteiger partial charge on any atom is 0.271 e. The first-order valence-electron chi connectivity index (χ1n) is 8.79. The Kier molecular flexibility index (Phi) is 4.65. The second-order valence-electron chi connectivity index (χ2n) is 6.36. The summed E-state index contributed by atoms with van der Waals surface area (Å²) in [5.74, 6) is -0.223. The largest absolute Gasteiger partial charge is 0.360 e. The smallest absolute Gasteiger partial charge is 0.271 e. The summed E-state index contributed by atoms with van der Waals surface area (Å²) in [4.78, 5) is 34.5. The Morgan fingerprint density at radius 2 is 1.89 bits per heavy atom. The summed E-state index contributed by atoms with van der Waals surface area (Å²) >= 11 is 0. The topological polar surface area (TPSA) is 87.2 Å². The molecule has 1 aromatic heterocycles. The van der Waals surface area contributed by atoms with Gasteiger partial charge in [-0.1, -0.05) is 24.3 Å². The average molecular weight is 361 g/mol. The molecule has 7 heteroatoms. The Morgan fingerprint density at radius 1 is 1.11 bits per heavy atom. The fourth-order valence-corrected chi connectivity index (χ4v) is 3.02. The number of aromatic nitrogens is 2. The molecule has 4 rings (SSSR count). The van der Waals surface area contributed by atoms with Crippen LogP contribution in [0.1, 0.15) is 16.1 Å². The van der Waals surface area contributed by atoms with Crippen molar-refractivity contribution >= 4 is 28.5 Å². The number of piperazine rings is 1. The standard InChI is InChI=1S/C20H19N5O2/c26-19-13-25(10-9-21-19)15-7-5-14(6-8-15)11-23-20(27)18-12-22-16-3-1-2-4-17(16)24-18/h1-8,12H,9-11,13H2,(H,21,26)(H,23,27). The van der Waals surface area contributed by atoms with E-state index < -0.39 is 0 Å². The van der Waals surface area contributed by atoms with E-state index in [9.17, 15) is 9.59 Å². The Hall–Kier alpha value is -3.48. The Morgan fingerprint density at radius 3 is 2.67 bits per heavy atom. The van der Waals surface area contributed by atoms with Crippen molar-refractivity contribution in [2.45, 2.75) is 6.54 Å². The zero-order chi connectivity index (χ0) is 18.6. The molecule has 0 spiro atoms. The van der Waals surface area contributed by atoms with Crippen LogP contribution in [-0.4, -0.2) is 41.4 Å². The summed E-state index contributed by atoms with van der Waals surface area (Å²) < 4.78 is 0. The minimum Gasteiger partial charge on any atom is -0.360 e. The molecule has 0 radical (unpaired) electrons. The van der Waals surface area contributed by atoms with Crippen LogP contribution in [0.25, 0.3) is 11.0 Å². The maximum atomic E-state index is 12.3. The van der Waals surface area contributed by atoms with Gasteiger partial charge in [-0.3, -0.25) is 14.6 Å². The summed E-state index contributed by atoms with van der Waals surface area (Å²) in [6, 6.07) is 15.3. The molecular weight excluding hydrogens is 342 g/mol. The maximum absolute atomic E-state index is 12.3. The van der Waals surface area contributed by atoms with Gasteiger partial charge in [0, 0.05) is 25.3 Å². The Balaban J connectivity index is 1.38. The lowest BCUT2D eigenvalue weighted by atomic mass is 10.1. The van der Waals surface area contributed by atoms with Crippen LogP contribution in [0.3, 0.4) is 0 Å². The number of benzene rings is 2. The summed E-state index contributed by atoms with van der Waals surface area (Å²) in [5, 5.41) is 5.68. The third-order valence-corrected chi connectivity index (χ3v) is 4.47. The highest BCUT2D eigenvalue weighted by atomic mass is 16.2. The number of nitrogens with zero attached hydrogens (tertiary/aromatic N) is 3. The number of fused-ring (bicyclic) bond motifs is 1. The SMILES string of the molecule is O=C1CN(c2ccc(CNC(=O)c3cnc4ccccc4n3)cc2)CCN1. The first kappa shape index (κ1) is 17.0. The number of hydrogen-bond acceptors (Lipinski definition) is 5. The molecule has 0 bridgehead atoms. The number of carbonyl (C=O) groups excluding carboxylic acids is 2. The Bertz CT molecular complexity index is 987. The molecule has 2 aromatic carbocycles. The number of carbonyl (C=O) groups is 2. The molecule has 2 N–H and O–H groups in total. The van der Waals surface area contributed by atoms with Gasteiger partial charge in [0.05, 0.1) is 23.8 Å². The molecular formula is C20H19N5O2. The van der Waals surface area contributed by atoms with Crippen LogP contribution in [0.2, 0.25) is 0 Å². The number of nitrogens with one attached hydrogen (secondary N) is 2. The lowest BCUT2D eigenvalue weighted by molar-refractivity contribution is -0.120. The summed E-state index contributed by atoms with van der Waals surface area (Å²) in [6.07, 6.45) is 1.49. The monoisotopic (exact) mass is 361 g/mol. The van der Waals surface area contributed by atoms with E-state index in [1.807, 2.05) is 53.4 Å². The van der Waals surface area contributed by atoms with Crippen LogP contribution < -0.4 is 15.5 Å². The molecule has 1 aliphatic heterocycles. The molecule has 3 aromatic rings. The van der Waals surface area contributed by atoms with Gasteiger partial charge in [-0.2, -0.15) is 0 Å². The van der Waals surface area contributed by atoms with E-state index in [-0.39, 0.29) is 11.8 Å². The van der Waals surface area contributed by atoms with Gasteiger partial charge >= 0.3 is 0 Å². The van der Waals surface area contributed by atoms with Gasteiger partial charge in [0.15, 0.2) is 0 Å². The van der Waals surface area contributed by atoms with Crippen LogP contribution >= 0.6 is 0 Å². The van der Waals surface area contributed by atoms with Crippen LogP contribution in [0.4, 0.5) is 5.69 Å². The summed E-state index contributed by atoms with van der Waals surface area (Å²) in [7, 11) is 0. The van der Waals surface area contributed by atoms with Gasteiger partial charge in [-0.25, -0.2) is 4.98 Å². The van der Waals surface area contributed by atoms with E-state index in [2.05, 4.69) is 20.6 Å². The first-order valence-corrected chi connectivity index (χ1v) is 8.79. The highest BCUT2D eigenvalue weighted by Crippen LogP contribution is 2.16. The molecule has 1 fully saturated rings. The lowest BCUT2D eigenvalue weighted by Gasteiger charge is -2.28. The van der Waals surface area contributed by atoms with Crippen molar-refractivity contribution in [3.8, 4) is 0 Å². The van der Waals surface area contributed by atoms with Crippen molar-refractivity contribution < 1.29 is 9.59 Å². The fraction of sp³-hybridized carbons (Fsp3) is 0.200. The van der Waals surface area contributed by atoms with E-state index in [0.717, 1.165) is 23.3 Å². The Labute approximate surface area is 156 Å². The molecule has 136 valence electrons. The van der Waals surface area contributed by atoms with Crippen molar-refractivity contribution in [2.75, 3.05) is 24.5 Å². The highest BCUT2D eigenvalue weighted by Gasteiger charge is 2.16. The molecule has 0 saturated carbocycles. The van der Waals surface area contributed by atoms with Crippen LogP contribution in [0, 0.1) is 0 Å². The van der Waals surface area contributed by atoms with Gasteiger partial charge < -0.3 is 15.5 Å². The predicted octanol–water partition coefficient (Wildman–Crippen LogP) is 1.50. The van der Waals surface area contributed by atoms with Crippen LogP contribution in [-0.2, 0) is 11.3 Å². The third kappa shape index (κ3) is 3.87. The van der Waals surface area contributed by atoms with E-state index in [1.54, 1.807) is 0 Å². The van der Waals surface area contributed by atoms with Crippen molar-refractivity contribution in [1.82, 2.24) is 20.6 Å². The zero-order valence-corrected chi connectivity index (χ0v) is 14.7. The van der Waals surface area contributed by atoms with E-state index >= 15 is 0 Å². The molecule has 0 unspecified atom stereocenters.